The lowest BCUT2D eigenvalue weighted by Gasteiger charge is -2.29. The van der Waals surface area contributed by atoms with Gasteiger partial charge in [0.25, 0.3) is 0 Å². The third kappa shape index (κ3) is 6.07. The van der Waals surface area contributed by atoms with E-state index in [1.54, 1.807) is 23.5 Å². The summed E-state index contributed by atoms with van der Waals surface area (Å²) in [5, 5.41) is 17.0. The third-order valence-electron chi connectivity index (χ3n) is 4.44. The van der Waals surface area contributed by atoms with Crippen molar-refractivity contribution < 1.29 is 5.11 Å². The molecule has 0 aliphatic carbocycles. The summed E-state index contributed by atoms with van der Waals surface area (Å²) in [6.07, 6.45) is 5.91. The molecular weight excluding hydrogens is 380 g/mol. The first-order valence-electron chi connectivity index (χ1n) is 10.0. The number of piperazine rings is 1. The first-order chi connectivity index (χ1) is 14.3. The van der Waals surface area contributed by atoms with Gasteiger partial charge in [0.05, 0.1) is 0 Å². The fraction of sp³-hybridized carbons (Fsp3) is 0.261. The van der Waals surface area contributed by atoms with Crippen molar-refractivity contribution in [2.45, 2.75) is 13.8 Å². The van der Waals surface area contributed by atoms with E-state index in [-0.39, 0.29) is 5.75 Å². The Kier molecular flexibility index (Phi) is 7.67. The van der Waals surface area contributed by atoms with E-state index in [0.29, 0.717) is 0 Å². The molecule has 0 radical (unpaired) electrons. The van der Waals surface area contributed by atoms with E-state index in [1.807, 2.05) is 44.3 Å². The molecule has 29 heavy (non-hydrogen) atoms. The van der Waals surface area contributed by atoms with Crippen molar-refractivity contribution in [3.8, 4) is 5.75 Å². The maximum absolute atomic E-state index is 9.34. The molecule has 4 rings (SSSR count). The molecule has 152 valence electrons. The largest absolute Gasteiger partial charge is 0.508 e. The van der Waals surface area contributed by atoms with E-state index >= 15 is 0 Å². The highest BCUT2D eigenvalue weighted by atomic mass is 32.1. The van der Waals surface area contributed by atoms with E-state index in [9.17, 15) is 5.11 Å². The number of hydrogen-bond acceptors (Lipinski definition) is 6. The number of aromatic nitrogens is 1. The van der Waals surface area contributed by atoms with E-state index in [4.69, 9.17) is 0 Å². The Bertz CT molecular complexity index is 915. The Labute approximate surface area is 176 Å². The highest BCUT2D eigenvalue weighted by molar-refractivity contribution is 7.16. The number of benzene rings is 2. The number of aromatic hydroxyl groups is 1. The van der Waals surface area contributed by atoms with Gasteiger partial charge in [0, 0.05) is 48.6 Å². The second-order valence-electron chi connectivity index (χ2n) is 6.41. The first kappa shape index (κ1) is 20.9. The lowest BCUT2D eigenvalue weighted by Crippen LogP contribution is -2.43. The van der Waals surface area contributed by atoms with Crippen LogP contribution in [0.15, 0.2) is 54.7 Å². The Morgan fingerprint density at radius 2 is 1.83 bits per heavy atom. The van der Waals surface area contributed by atoms with Crippen LogP contribution in [0.3, 0.4) is 0 Å². The third-order valence-corrected chi connectivity index (χ3v) is 5.31. The molecule has 1 fully saturated rings. The van der Waals surface area contributed by atoms with E-state index < -0.39 is 0 Å². The van der Waals surface area contributed by atoms with E-state index in [1.165, 1.54) is 5.69 Å². The van der Waals surface area contributed by atoms with Crippen LogP contribution in [0.4, 0.5) is 16.5 Å². The molecule has 1 saturated heterocycles. The molecule has 0 bridgehead atoms. The standard InChI is InChI=1S/C21H22N4OS.C2H6/c26-19-7-4-16(5-8-19)6-9-20-15-23-21(27-20)24-17-2-1-3-18(14-17)25-12-10-22-11-13-25;1-2/h1-9,14-15,22,26H,10-13H2,(H,23,24);1-2H3/b9-6+;. The van der Waals surface area contributed by atoms with Gasteiger partial charge in [-0.2, -0.15) is 0 Å². The summed E-state index contributed by atoms with van der Waals surface area (Å²) >= 11 is 1.61. The maximum Gasteiger partial charge on any atom is 0.187 e. The second kappa shape index (κ2) is 10.6. The van der Waals surface area contributed by atoms with Gasteiger partial charge in [-0.15, -0.1) is 0 Å². The molecular formula is C23H28N4OS. The van der Waals surface area contributed by atoms with Crippen molar-refractivity contribution in [3.63, 3.8) is 0 Å². The number of rotatable bonds is 5. The predicted octanol–water partition coefficient (Wildman–Crippen LogP) is 5.20. The summed E-state index contributed by atoms with van der Waals surface area (Å²) in [6.45, 7) is 8.13. The van der Waals surface area contributed by atoms with Crippen LogP contribution >= 0.6 is 11.3 Å². The van der Waals surface area contributed by atoms with Crippen LogP contribution in [0.2, 0.25) is 0 Å². The highest BCUT2D eigenvalue weighted by Gasteiger charge is 2.11. The molecule has 2 heterocycles. The minimum atomic E-state index is 0.277. The molecule has 2 aromatic carbocycles. The van der Waals surface area contributed by atoms with Crippen molar-refractivity contribution in [1.82, 2.24) is 10.3 Å². The van der Waals surface area contributed by atoms with Gasteiger partial charge in [0.1, 0.15) is 5.75 Å². The van der Waals surface area contributed by atoms with Crippen molar-refractivity contribution in [2.24, 2.45) is 0 Å². The molecule has 0 atom stereocenters. The van der Waals surface area contributed by atoms with Crippen LogP contribution in [0.5, 0.6) is 5.75 Å². The minimum absolute atomic E-state index is 0.277. The van der Waals surface area contributed by atoms with Crippen LogP contribution in [0.25, 0.3) is 12.2 Å². The summed E-state index contributed by atoms with van der Waals surface area (Å²) in [5.74, 6) is 0.277. The number of anilines is 3. The lowest BCUT2D eigenvalue weighted by atomic mass is 10.2. The topological polar surface area (TPSA) is 60.4 Å². The number of nitrogens with zero attached hydrogens (tertiary/aromatic N) is 2. The lowest BCUT2D eigenvalue weighted by molar-refractivity contribution is 0.475. The monoisotopic (exact) mass is 408 g/mol. The average molecular weight is 409 g/mol. The van der Waals surface area contributed by atoms with Gasteiger partial charge in [-0.05, 0) is 42.0 Å². The van der Waals surface area contributed by atoms with Gasteiger partial charge >= 0.3 is 0 Å². The summed E-state index contributed by atoms with van der Waals surface area (Å²) in [7, 11) is 0. The normalized spacial score (nSPS) is 13.8. The van der Waals surface area contributed by atoms with Gasteiger partial charge < -0.3 is 20.6 Å². The van der Waals surface area contributed by atoms with Crippen molar-refractivity contribution >= 4 is 40.0 Å². The number of nitrogens with one attached hydrogen (secondary N) is 2. The van der Waals surface area contributed by atoms with Crippen molar-refractivity contribution in [1.29, 1.82) is 0 Å². The van der Waals surface area contributed by atoms with E-state index in [2.05, 4.69) is 44.8 Å². The summed E-state index contributed by atoms with van der Waals surface area (Å²) in [4.78, 5) is 7.94. The molecule has 0 saturated carbocycles. The SMILES string of the molecule is CC.Oc1ccc(/C=C/c2cnc(Nc3cccc(N4CCNCC4)c3)s2)cc1. The maximum atomic E-state index is 9.34. The van der Waals surface area contributed by atoms with Crippen molar-refractivity contribution in [2.75, 3.05) is 36.4 Å². The number of hydrogen-bond donors (Lipinski definition) is 3. The molecule has 3 N–H and O–H groups in total. The van der Waals surface area contributed by atoms with Crippen molar-refractivity contribution in [3.05, 3.63) is 65.2 Å². The van der Waals surface area contributed by atoms with E-state index in [0.717, 1.165) is 47.4 Å². The second-order valence-corrected chi connectivity index (χ2v) is 7.47. The Hall–Kier alpha value is -2.83. The summed E-state index contributed by atoms with van der Waals surface area (Å²) in [6, 6.07) is 15.6. The molecule has 0 spiro atoms. The molecule has 3 aromatic rings. The van der Waals surface area contributed by atoms with Gasteiger partial charge in [-0.3, -0.25) is 0 Å². The van der Waals surface area contributed by atoms with Gasteiger partial charge in [0.2, 0.25) is 0 Å². The predicted molar refractivity (Wildman–Crippen MR) is 125 cm³/mol. The quantitative estimate of drug-likeness (QED) is 0.542. The summed E-state index contributed by atoms with van der Waals surface area (Å²) < 4.78 is 0. The van der Waals surface area contributed by atoms with Crippen LogP contribution < -0.4 is 15.5 Å². The minimum Gasteiger partial charge on any atom is -0.508 e. The molecule has 0 unspecified atom stereocenters. The molecule has 1 aliphatic rings. The molecule has 0 amide bonds. The Morgan fingerprint density at radius 1 is 1.07 bits per heavy atom. The number of thiazole rings is 1. The van der Waals surface area contributed by atoms with Gasteiger partial charge in [-0.25, -0.2) is 4.98 Å². The van der Waals surface area contributed by atoms with Gasteiger partial charge in [0.15, 0.2) is 5.13 Å². The van der Waals surface area contributed by atoms with Crippen LogP contribution in [-0.2, 0) is 0 Å². The Balaban J connectivity index is 0.00000117. The molecule has 5 nitrogen and oxygen atoms in total. The van der Waals surface area contributed by atoms with Crippen LogP contribution in [0, 0.1) is 0 Å². The average Bonchev–Trinajstić information content (AvgIpc) is 3.23. The highest BCUT2D eigenvalue weighted by Crippen LogP contribution is 2.27. The first-order valence-corrected chi connectivity index (χ1v) is 10.8. The molecule has 1 aliphatic heterocycles. The fourth-order valence-electron chi connectivity index (χ4n) is 3.01. The fourth-order valence-corrected chi connectivity index (χ4v) is 3.75. The Morgan fingerprint density at radius 3 is 2.59 bits per heavy atom. The zero-order chi connectivity index (χ0) is 20.5. The van der Waals surface area contributed by atoms with Gasteiger partial charge in [-0.1, -0.05) is 49.5 Å². The molecule has 1 aromatic heterocycles. The smallest absolute Gasteiger partial charge is 0.187 e. The van der Waals surface area contributed by atoms with Crippen LogP contribution in [-0.4, -0.2) is 36.3 Å². The molecule has 6 heteroatoms. The number of phenolic OH excluding ortho intramolecular Hbond substituents is 1. The van der Waals surface area contributed by atoms with Crippen LogP contribution in [0.1, 0.15) is 24.3 Å². The number of phenols is 1. The zero-order valence-corrected chi connectivity index (χ0v) is 17.7. The summed E-state index contributed by atoms with van der Waals surface area (Å²) in [5.41, 5.74) is 3.33. The zero-order valence-electron chi connectivity index (χ0n) is 16.9.